The molecule has 8 heteroatoms. The lowest BCUT2D eigenvalue weighted by Crippen LogP contribution is -2.42. The van der Waals surface area contributed by atoms with Gasteiger partial charge in [-0.25, -0.2) is 0 Å². The van der Waals surface area contributed by atoms with Crippen LogP contribution in [0.5, 0.6) is 0 Å². The fourth-order valence-electron chi connectivity index (χ4n) is 5.16. The number of fused-ring (bicyclic) bond motifs is 3. The van der Waals surface area contributed by atoms with Crippen LogP contribution in [0.1, 0.15) is 37.6 Å². The predicted octanol–water partition coefficient (Wildman–Crippen LogP) is 5.29. The Balaban J connectivity index is 1.52. The third-order valence-electron chi connectivity index (χ3n) is 7.07. The molecule has 4 aromatic rings. The quantitative estimate of drug-likeness (QED) is 0.266. The zero-order chi connectivity index (χ0) is 25.6. The maximum atomic E-state index is 13.3. The molecule has 0 saturated carbocycles. The van der Waals surface area contributed by atoms with E-state index in [1.807, 2.05) is 29.3 Å². The lowest BCUT2D eigenvalue weighted by molar-refractivity contribution is -0.135. The van der Waals surface area contributed by atoms with E-state index in [9.17, 15) is 4.79 Å². The van der Waals surface area contributed by atoms with Gasteiger partial charge in [-0.3, -0.25) is 19.7 Å². The van der Waals surface area contributed by atoms with Crippen LogP contribution in [0.2, 0.25) is 5.02 Å². The number of hydrogen-bond acceptors (Lipinski definition) is 5. The first-order valence-corrected chi connectivity index (χ1v) is 13.6. The van der Waals surface area contributed by atoms with Crippen LogP contribution in [0.3, 0.4) is 0 Å². The molecule has 0 unspecified atom stereocenters. The van der Waals surface area contributed by atoms with Crippen molar-refractivity contribution in [2.24, 2.45) is 0 Å². The van der Waals surface area contributed by atoms with Crippen LogP contribution < -0.4 is 0 Å². The number of amides is 1. The van der Waals surface area contributed by atoms with Crippen molar-refractivity contribution in [3.05, 3.63) is 71.3 Å². The van der Waals surface area contributed by atoms with E-state index in [4.69, 9.17) is 21.3 Å². The molecule has 1 fully saturated rings. The molecule has 0 spiro atoms. The summed E-state index contributed by atoms with van der Waals surface area (Å²) < 4.78 is 7.61. The van der Waals surface area contributed by atoms with Crippen LogP contribution in [-0.4, -0.2) is 63.1 Å². The first-order chi connectivity index (χ1) is 18.2. The summed E-state index contributed by atoms with van der Waals surface area (Å²) in [6, 6.07) is 14.1. The number of pyridine rings is 2. The molecule has 1 amide bonds. The second-order valence-electron chi connectivity index (χ2n) is 9.60. The average Bonchev–Trinajstić information content (AvgIpc) is 3.25. The highest BCUT2D eigenvalue weighted by Crippen LogP contribution is 2.31. The van der Waals surface area contributed by atoms with Crippen molar-refractivity contribution in [1.29, 1.82) is 0 Å². The molecule has 3 aromatic heterocycles. The van der Waals surface area contributed by atoms with E-state index in [1.165, 1.54) is 6.42 Å². The Morgan fingerprint density at radius 1 is 0.973 bits per heavy atom. The summed E-state index contributed by atoms with van der Waals surface area (Å²) in [5.74, 6) is 0.112. The molecule has 194 valence electrons. The van der Waals surface area contributed by atoms with E-state index in [2.05, 4.69) is 45.6 Å². The van der Waals surface area contributed by atoms with Gasteiger partial charge in [-0.1, -0.05) is 49.6 Å². The number of carbonyl (C=O) groups excluding carboxylic acids is 1. The number of halogens is 1. The maximum absolute atomic E-state index is 13.3. The van der Waals surface area contributed by atoms with Crippen molar-refractivity contribution >= 4 is 39.3 Å². The van der Waals surface area contributed by atoms with Crippen molar-refractivity contribution in [1.82, 2.24) is 24.3 Å². The average molecular weight is 520 g/mol. The number of morpholine rings is 1. The van der Waals surface area contributed by atoms with Crippen LogP contribution in [0.25, 0.3) is 21.8 Å². The Labute approximate surface area is 223 Å². The number of ether oxygens (including phenoxy) is 1. The molecule has 0 bridgehead atoms. The molecule has 37 heavy (non-hydrogen) atoms. The number of nitrogens with zero attached hydrogens (tertiary/aromatic N) is 5. The van der Waals surface area contributed by atoms with Crippen LogP contribution in [0.15, 0.2) is 54.9 Å². The first-order valence-electron chi connectivity index (χ1n) is 13.2. The smallest absolute Gasteiger partial charge is 0.242 e. The van der Waals surface area contributed by atoms with E-state index < -0.39 is 0 Å². The van der Waals surface area contributed by atoms with Gasteiger partial charge in [-0.2, -0.15) is 0 Å². The zero-order valence-electron chi connectivity index (χ0n) is 21.4. The molecule has 1 aliphatic rings. The lowest BCUT2D eigenvalue weighted by Gasteiger charge is -2.27. The van der Waals surface area contributed by atoms with Gasteiger partial charge in [0.1, 0.15) is 6.54 Å². The van der Waals surface area contributed by atoms with Gasteiger partial charge >= 0.3 is 0 Å². The fourth-order valence-corrected chi connectivity index (χ4v) is 5.34. The van der Waals surface area contributed by atoms with Crippen molar-refractivity contribution in [2.45, 2.75) is 45.8 Å². The van der Waals surface area contributed by atoms with Crippen LogP contribution >= 0.6 is 11.6 Å². The largest absolute Gasteiger partial charge is 0.378 e. The highest BCUT2D eigenvalue weighted by molar-refractivity contribution is 6.31. The van der Waals surface area contributed by atoms with Gasteiger partial charge in [0.15, 0.2) is 0 Å². The SMILES string of the molecule is CCCCCN(Cc1ncccc1Cl)Cc1nccc2c3ccccc3n(CC(=O)N3CCOCC3)c12. The van der Waals surface area contributed by atoms with Gasteiger partial charge in [0, 0.05) is 54.9 Å². The monoisotopic (exact) mass is 519 g/mol. The summed E-state index contributed by atoms with van der Waals surface area (Å²) in [6.07, 6.45) is 7.09. The van der Waals surface area contributed by atoms with Crippen molar-refractivity contribution in [2.75, 3.05) is 32.8 Å². The number of carbonyl (C=O) groups is 1. The van der Waals surface area contributed by atoms with Gasteiger partial charge in [0.2, 0.25) is 5.91 Å². The van der Waals surface area contributed by atoms with Gasteiger partial charge in [0.05, 0.1) is 35.1 Å². The Hall–Kier alpha value is -3.00. The van der Waals surface area contributed by atoms with Gasteiger partial charge in [0.25, 0.3) is 0 Å². The van der Waals surface area contributed by atoms with E-state index in [0.29, 0.717) is 44.4 Å². The van der Waals surface area contributed by atoms with Crippen LogP contribution in [0, 0.1) is 0 Å². The standard InChI is InChI=1S/C29H34ClN5O2/c1-2-3-6-14-33(19-25-24(30)9-7-12-31-25)20-26-29-23(11-13-32-26)22-8-4-5-10-27(22)35(29)21-28(36)34-15-17-37-18-16-34/h4-5,7-13H,2-3,6,14-21H2,1H3. The molecule has 5 rings (SSSR count). The van der Waals surface area contributed by atoms with Gasteiger partial charge in [-0.15, -0.1) is 0 Å². The third kappa shape index (κ3) is 5.79. The second-order valence-corrected chi connectivity index (χ2v) is 10.0. The normalized spacial score (nSPS) is 14.2. The van der Waals surface area contributed by atoms with E-state index >= 15 is 0 Å². The molecule has 0 aliphatic carbocycles. The Morgan fingerprint density at radius 2 is 1.76 bits per heavy atom. The van der Waals surface area contributed by atoms with Crippen LogP contribution in [-0.2, 0) is 29.2 Å². The molecule has 7 nitrogen and oxygen atoms in total. The molecule has 1 saturated heterocycles. The number of aromatic nitrogens is 3. The minimum atomic E-state index is 0.112. The first kappa shape index (κ1) is 25.6. The van der Waals surface area contributed by atoms with Crippen molar-refractivity contribution in [3.8, 4) is 0 Å². The predicted molar refractivity (Wildman–Crippen MR) is 148 cm³/mol. The summed E-state index contributed by atoms with van der Waals surface area (Å²) in [5.41, 5.74) is 3.92. The topological polar surface area (TPSA) is 63.5 Å². The maximum Gasteiger partial charge on any atom is 0.242 e. The Morgan fingerprint density at radius 3 is 2.57 bits per heavy atom. The minimum absolute atomic E-state index is 0.112. The summed E-state index contributed by atoms with van der Waals surface area (Å²) in [4.78, 5) is 27.0. The van der Waals surface area contributed by atoms with Gasteiger partial charge in [-0.05, 0) is 37.2 Å². The molecule has 1 aromatic carbocycles. The van der Waals surface area contributed by atoms with E-state index in [1.54, 1.807) is 6.20 Å². The van der Waals surface area contributed by atoms with Crippen LogP contribution in [0.4, 0.5) is 0 Å². The Kier molecular flexibility index (Phi) is 8.34. The fraction of sp³-hybridized carbons (Fsp3) is 0.414. The van der Waals surface area contributed by atoms with E-state index in [-0.39, 0.29) is 12.5 Å². The highest BCUT2D eigenvalue weighted by Gasteiger charge is 2.22. The third-order valence-corrected chi connectivity index (χ3v) is 7.42. The number of para-hydroxylation sites is 1. The lowest BCUT2D eigenvalue weighted by atomic mass is 10.1. The molecule has 4 heterocycles. The molecular weight excluding hydrogens is 486 g/mol. The summed E-state index contributed by atoms with van der Waals surface area (Å²) in [6.45, 7) is 7.17. The number of unbranched alkanes of at least 4 members (excludes halogenated alkanes) is 2. The van der Waals surface area contributed by atoms with Crippen molar-refractivity contribution in [3.63, 3.8) is 0 Å². The summed E-state index contributed by atoms with van der Waals surface area (Å²) in [7, 11) is 0. The zero-order valence-corrected chi connectivity index (χ0v) is 22.2. The molecule has 0 atom stereocenters. The number of rotatable bonds is 10. The molecule has 1 aliphatic heterocycles. The molecule has 0 N–H and O–H groups in total. The minimum Gasteiger partial charge on any atom is -0.378 e. The number of benzene rings is 1. The van der Waals surface area contributed by atoms with E-state index in [0.717, 1.165) is 52.6 Å². The summed E-state index contributed by atoms with van der Waals surface area (Å²) in [5, 5.41) is 2.94. The molecular formula is C29H34ClN5O2. The van der Waals surface area contributed by atoms with Crippen molar-refractivity contribution < 1.29 is 9.53 Å². The molecule has 0 radical (unpaired) electrons. The second kappa shape index (κ2) is 12.0. The Bertz CT molecular complexity index is 1370. The number of hydrogen-bond donors (Lipinski definition) is 0. The van der Waals surface area contributed by atoms with Gasteiger partial charge < -0.3 is 14.2 Å². The summed E-state index contributed by atoms with van der Waals surface area (Å²) >= 11 is 6.48. The highest BCUT2D eigenvalue weighted by atomic mass is 35.5.